The number of nitrogens with one attached hydrogen (secondary N) is 1. The van der Waals surface area contributed by atoms with Gasteiger partial charge < -0.3 is 11.1 Å². The molecule has 17 heavy (non-hydrogen) atoms. The molecule has 0 spiro atoms. The van der Waals surface area contributed by atoms with Gasteiger partial charge in [0.1, 0.15) is 10.8 Å². The predicted octanol–water partition coefficient (Wildman–Crippen LogP) is 2.54. The van der Waals surface area contributed by atoms with Crippen molar-refractivity contribution in [3.8, 4) is 0 Å². The molecule has 4 heteroatoms. The molecule has 1 heterocycles. The Hall–Kier alpha value is -1.16. The van der Waals surface area contributed by atoms with E-state index >= 15 is 0 Å². The number of rotatable bonds is 4. The summed E-state index contributed by atoms with van der Waals surface area (Å²) in [5.74, 6) is 1.63. The molecule has 0 aromatic carbocycles. The van der Waals surface area contributed by atoms with Gasteiger partial charge in [-0.25, -0.2) is 4.98 Å². The van der Waals surface area contributed by atoms with Crippen LogP contribution in [0.5, 0.6) is 0 Å². The lowest BCUT2D eigenvalue weighted by molar-refractivity contribution is 0.773. The van der Waals surface area contributed by atoms with E-state index in [0.717, 1.165) is 28.6 Å². The first-order valence-corrected chi connectivity index (χ1v) is 6.48. The normalized spacial score (nSPS) is 22.3. The minimum absolute atomic E-state index is 0.422. The molecule has 0 amide bonds. The van der Waals surface area contributed by atoms with E-state index in [1.807, 2.05) is 19.9 Å². The van der Waals surface area contributed by atoms with E-state index in [0.29, 0.717) is 11.0 Å². The largest absolute Gasteiger partial charge is 0.389 e. The van der Waals surface area contributed by atoms with Gasteiger partial charge in [-0.2, -0.15) is 0 Å². The maximum Gasteiger partial charge on any atom is 0.137 e. The summed E-state index contributed by atoms with van der Waals surface area (Å²) < 4.78 is 0. The molecule has 92 valence electrons. The van der Waals surface area contributed by atoms with Crippen LogP contribution in [0, 0.1) is 19.8 Å². The van der Waals surface area contributed by atoms with Gasteiger partial charge in [-0.1, -0.05) is 25.6 Å². The third-order valence-corrected chi connectivity index (χ3v) is 3.56. The Morgan fingerprint density at radius 3 is 2.82 bits per heavy atom. The second kappa shape index (κ2) is 4.61. The Morgan fingerprint density at radius 1 is 1.59 bits per heavy atom. The standard InChI is InChI=1S/C13H19N3S/c1-4-9-6-10(9)16-13-11(12(14)17)7(2)5-8(3)15-13/h5,9-10H,4,6H2,1-3H3,(H2,14,17)(H,15,16). The second-order valence-electron chi connectivity index (χ2n) is 4.82. The van der Waals surface area contributed by atoms with Crippen LogP contribution in [0.25, 0.3) is 0 Å². The summed E-state index contributed by atoms with van der Waals surface area (Å²) in [5, 5.41) is 3.47. The highest BCUT2D eigenvalue weighted by molar-refractivity contribution is 7.80. The van der Waals surface area contributed by atoms with E-state index in [4.69, 9.17) is 18.0 Å². The zero-order valence-corrected chi connectivity index (χ0v) is 11.4. The molecule has 0 aliphatic heterocycles. The molecular weight excluding hydrogens is 230 g/mol. The third-order valence-electron chi connectivity index (χ3n) is 3.36. The van der Waals surface area contributed by atoms with E-state index < -0.39 is 0 Å². The van der Waals surface area contributed by atoms with Gasteiger partial charge in [0.15, 0.2) is 0 Å². The highest BCUT2D eigenvalue weighted by atomic mass is 32.1. The van der Waals surface area contributed by atoms with Crippen molar-refractivity contribution in [2.45, 2.75) is 39.7 Å². The summed E-state index contributed by atoms with van der Waals surface area (Å²) in [5.41, 5.74) is 8.77. The molecule has 1 aromatic heterocycles. The van der Waals surface area contributed by atoms with Crippen molar-refractivity contribution in [2.75, 3.05) is 5.32 Å². The summed E-state index contributed by atoms with van der Waals surface area (Å²) in [4.78, 5) is 4.95. The molecule has 0 radical (unpaired) electrons. The van der Waals surface area contributed by atoms with Crippen molar-refractivity contribution in [3.05, 3.63) is 22.9 Å². The molecule has 0 saturated heterocycles. The molecule has 3 N–H and O–H groups in total. The molecule has 2 unspecified atom stereocenters. The van der Waals surface area contributed by atoms with Crippen molar-refractivity contribution in [2.24, 2.45) is 11.7 Å². The summed E-state index contributed by atoms with van der Waals surface area (Å²) in [6, 6.07) is 2.56. The Morgan fingerprint density at radius 2 is 2.29 bits per heavy atom. The van der Waals surface area contributed by atoms with Crippen LogP contribution in [-0.2, 0) is 0 Å². The molecule has 1 aliphatic rings. The van der Waals surface area contributed by atoms with Gasteiger partial charge in [-0.3, -0.25) is 0 Å². The predicted molar refractivity (Wildman–Crippen MR) is 75.4 cm³/mol. The lowest BCUT2D eigenvalue weighted by Crippen LogP contribution is -2.18. The fourth-order valence-electron chi connectivity index (χ4n) is 2.30. The zero-order valence-electron chi connectivity index (χ0n) is 10.6. The number of anilines is 1. The molecule has 1 aromatic rings. The first-order chi connectivity index (χ1) is 8.02. The summed E-state index contributed by atoms with van der Waals surface area (Å²) >= 11 is 5.11. The minimum Gasteiger partial charge on any atom is -0.389 e. The fourth-order valence-corrected chi connectivity index (χ4v) is 2.56. The van der Waals surface area contributed by atoms with Gasteiger partial charge in [-0.15, -0.1) is 0 Å². The van der Waals surface area contributed by atoms with Gasteiger partial charge in [0.2, 0.25) is 0 Å². The molecule has 2 rings (SSSR count). The Bertz CT molecular complexity index is 456. The number of aryl methyl sites for hydroxylation is 2. The second-order valence-corrected chi connectivity index (χ2v) is 5.26. The van der Waals surface area contributed by atoms with Crippen LogP contribution in [0.1, 0.15) is 36.6 Å². The molecule has 1 aliphatic carbocycles. The average Bonchev–Trinajstić information content (AvgIpc) is 2.94. The molecule has 1 fully saturated rings. The number of pyridine rings is 1. The topological polar surface area (TPSA) is 50.9 Å². The van der Waals surface area contributed by atoms with Crippen LogP contribution < -0.4 is 11.1 Å². The number of hydrogen-bond donors (Lipinski definition) is 2. The third kappa shape index (κ3) is 2.57. The van der Waals surface area contributed by atoms with Crippen LogP contribution in [0.15, 0.2) is 6.07 Å². The lowest BCUT2D eigenvalue weighted by Gasteiger charge is -2.13. The number of nitrogens with two attached hydrogens (primary N) is 1. The molecule has 0 bridgehead atoms. The van der Waals surface area contributed by atoms with Crippen molar-refractivity contribution in [1.82, 2.24) is 4.98 Å². The lowest BCUT2D eigenvalue weighted by atomic mass is 10.1. The van der Waals surface area contributed by atoms with E-state index in [-0.39, 0.29) is 0 Å². The van der Waals surface area contributed by atoms with Crippen LogP contribution >= 0.6 is 12.2 Å². The van der Waals surface area contributed by atoms with E-state index in [9.17, 15) is 0 Å². The monoisotopic (exact) mass is 249 g/mol. The van der Waals surface area contributed by atoms with Crippen LogP contribution in [0.2, 0.25) is 0 Å². The van der Waals surface area contributed by atoms with Crippen molar-refractivity contribution in [1.29, 1.82) is 0 Å². The van der Waals surface area contributed by atoms with Gasteiger partial charge in [0.25, 0.3) is 0 Å². The maximum atomic E-state index is 5.78. The number of aromatic nitrogens is 1. The molecule has 1 saturated carbocycles. The summed E-state index contributed by atoms with van der Waals surface area (Å²) in [6.45, 7) is 6.24. The van der Waals surface area contributed by atoms with E-state index in [2.05, 4.69) is 17.2 Å². The zero-order chi connectivity index (χ0) is 12.6. The quantitative estimate of drug-likeness (QED) is 0.805. The highest BCUT2D eigenvalue weighted by Gasteiger charge is 2.36. The molecular formula is C13H19N3S. The Labute approximate surface area is 108 Å². The smallest absolute Gasteiger partial charge is 0.137 e. The highest BCUT2D eigenvalue weighted by Crippen LogP contribution is 2.36. The first kappa shape index (κ1) is 12.3. The Kier molecular flexibility index (Phi) is 3.33. The van der Waals surface area contributed by atoms with Crippen molar-refractivity contribution >= 4 is 23.0 Å². The van der Waals surface area contributed by atoms with Gasteiger partial charge in [0, 0.05) is 11.7 Å². The number of nitrogens with zero attached hydrogens (tertiary/aromatic N) is 1. The van der Waals surface area contributed by atoms with E-state index in [1.165, 1.54) is 12.8 Å². The van der Waals surface area contributed by atoms with Crippen molar-refractivity contribution < 1.29 is 0 Å². The van der Waals surface area contributed by atoms with Crippen molar-refractivity contribution in [3.63, 3.8) is 0 Å². The summed E-state index contributed by atoms with van der Waals surface area (Å²) in [6.07, 6.45) is 2.44. The van der Waals surface area contributed by atoms with Crippen LogP contribution in [-0.4, -0.2) is 16.0 Å². The Balaban J connectivity index is 2.28. The number of hydrogen-bond acceptors (Lipinski definition) is 3. The molecule has 3 nitrogen and oxygen atoms in total. The maximum absolute atomic E-state index is 5.78. The van der Waals surface area contributed by atoms with Crippen LogP contribution in [0.4, 0.5) is 5.82 Å². The SMILES string of the molecule is CCC1CC1Nc1nc(C)cc(C)c1C(N)=S. The molecule has 2 atom stereocenters. The van der Waals surface area contributed by atoms with E-state index in [1.54, 1.807) is 0 Å². The summed E-state index contributed by atoms with van der Waals surface area (Å²) in [7, 11) is 0. The van der Waals surface area contributed by atoms with Gasteiger partial charge in [0.05, 0.1) is 5.56 Å². The average molecular weight is 249 g/mol. The number of thiocarbonyl (C=S) groups is 1. The van der Waals surface area contributed by atoms with Gasteiger partial charge in [-0.05, 0) is 37.8 Å². The fraction of sp³-hybridized carbons (Fsp3) is 0.538. The van der Waals surface area contributed by atoms with Crippen LogP contribution in [0.3, 0.4) is 0 Å². The minimum atomic E-state index is 0.422. The first-order valence-electron chi connectivity index (χ1n) is 6.07. The van der Waals surface area contributed by atoms with Gasteiger partial charge >= 0.3 is 0 Å².